The summed E-state index contributed by atoms with van der Waals surface area (Å²) < 4.78 is 27.4. The molecular formula is C22H26ClN5O2S. The van der Waals surface area contributed by atoms with Gasteiger partial charge in [-0.25, -0.2) is 18.4 Å². The largest absolute Gasteiger partial charge is 0.330 e. The van der Waals surface area contributed by atoms with Crippen molar-refractivity contribution in [1.82, 2.24) is 19.2 Å². The van der Waals surface area contributed by atoms with Crippen LogP contribution in [0.3, 0.4) is 0 Å². The molecule has 1 aromatic heterocycles. The molecule has 31 heavy (non-hydrogen) atoms. The van der Waals surface area contributed by atoms with Crippen LogP contribution in [0.25, 0.3) is 10.9 Å². The van der Waals surface area contributed by atoms with E-state index in [0.717, 1.165) is 22.4 Å². The third-order valence-electron chi connectivity index (χ3n) is 5.73. The second-order valence-corrected chi connectivity index (χ2v) is 10.0. The summed E-state index contributed by atoms with van der Waals surface area (Å²) in [6, 6.07) is 14.2. The molecule has 1 saturated heterocycles. The number of aromatic nitrogens is 2. The molecule has 2 heterocycles. The smallest absolute Gasteiger partial charge is 0.243 e. The highest BCUT2D eigenvalue weighted by atomic mass is 35.5. The molecule has 4 rings (SSSR count). The van der Waals surface area contributed by atoms with Gasteiger partial charge < -0.3 is 5.73 Å². The molecule has 0 bridgehead atoms. The van der Waals surface area contributed by atoms with Gasteiger partial charge >= 0.3 is 0 Å². The zero-order chi connectivity index (χ0) is 22.0. The number of fused-ring (bicyclic) bond motifs is 1. The zero-order valence-corrected chi connectivity index (χ0v) is 19.0. The Labute approximate surface area is 187 Å². The monoisotopic (exact) mass is 459 g/mol. The number of sulfonamides is 1. The Bertz CT molecular complexity index is 1160. The molecule has 164 valence electrons. The van der Waals surface area contributed by atoms with Gasteiger partial charge in [-0.2, -0.15) is 4.31 Å². The van der Waals surface area contributed by atoms with E-state index in [0.29, 0.717) is 44.2 Å². The van der Waals surface area contributed by atoms with E-state index in [-0.39, 0.29) is 10.9 Å². The Kier molecular flexibility index (Phi) is 6.55. The van der Waals surface area contributed by atoms with E-state index in [9.17, 15) is 8.42 Å². The van der Waals surface area contributed by atoms with Gasteiger partial charge in [0.05, 0.1) is 22.1 Å². The maximum absolute atomic E-state index is 12.9. The molecule has 0 aliphatic carbocycles. The highest BCUT2D eigenvalue weighted by Gasteiger charge is 2.31. The van der Waals surface area contributed by atoms with Crippen molar-refractivity contribution >= 4 is 32.5 Å². The Morgan fingerprint density at radius 2 is 1.71 bits per heavy atom. The van der Waals surface area contributed by atoms with Gasteiger partial charge in [-0.3, -0.25) is 4.90 Å². The summed E-state index contributed by atoms with van der Waals surface area (Å²) in [5, 5.41) is 1.55. The Balaban J connectivity index is 1.50. The molecule has 0 saturated carbocycles. The molecule has 3 aromatic rings. The van der Waals surface area contributed by atoms with Crippen molar-refractivity contribution in [2.45, 2.75) is 24.3 Å². The van der Waals surface area contributed by atoms with Crippen LogP contribution >= 0.6 is 11.6 Å². The molecule has 1 atom stereocenters. The lowest BCUT2D eigenvalue weighted by Crippen LogP contribution is -2.49. The molecule has 1 fully saturated rings. The predicted molar refractivity (Wildman–Crippen MR) is 122 cm³/mol. The normalized spacial score (nSPS) is 17.1. The van der Waals surface area contributed by atoms with Crippen LogP contribution in [0.4, 0.5) is 0 Å². The van der Waals surface area contributed by atoms with E-state index in [1.54, 1.807) is 24.3 Å². The Morgan fingerprint density at radius 1 is 1.03 bits per heavy atom. The maximum Gasteiger partial charge on any atom is 0.243 e. The highest BCUT2D eigenvalue weighted by Crippen LogP contribution is 2.25. The number of rotatable bonds is 6. The molecule has 1 aliphatic rings. The summed E-state index contributed by atoms with van der Waals surface area (Å²) in [6.45, 7) is 4.64. The van der Waals surface area contributed by atoms with Crippen molar-refractivity contribution in [3.63, 3.8) is 0 Å². The number of hydrogen-bond acceptors (Lipinski definition) is 6. The van der Waals surface area contributed by atoms with Crippen LogP contribution in [0.2, 0.25) is 5.02 Å². The minimum absolute atomic E-state index is 0.0264. The standard InChI is InChI=1S/C22H26ClN5O2S/c1-16(22-25-20-5-3-2-4-19(20)21(26-22)10-11-24)27-12-14-28(15-13-27)31(29,30)18-8-6-17(23)7-9-18/h2-9,16H,10-15,24H2,1H3. The average Bonchev–Trinajstić information content (AvgIpc) is 2.79. The summed E-state index contributed by atoms with van der Waals surface area (Å²) in [5.41, 5.74) is 7.66. The minimum atomic E-state index is -3.53. The van der Waals surface area contributed by atoms with Gasteiger partial charge in [0, 0.05) is 43.0 Å². The molecule has 1 aliphatic heterocycles. The van der Waals surface area contributed by atoms with E-state index in [2.05, 4.69) is 11.8 Å². The molecule has 0 spiro atoms. The minimum Gasteiger partial charge on any atom is -0.330 e. The van der Waals surface area contributed by atoms with Crippen LogP contribution in [0, 0.1) is 0 Å². The van der Waals surface area contributed by atoms with Crippen molar-refractivity contribution in [2.24, 2.45) is 5.73 Å². The number of benzene rings is 2. The van der Waals surface area contributed by atoms with Gasteiger partial charge in [0.2, 0.25) is 10.0 Å². The van der Waals surface area contributed by atoms with Gasteiger partial charge in [0.25, 0.3) is 0 Å². The first kappa shape index (κ1) is 22.1. The number of nitrogens with zero attached hydrogens (tertiary/aromatic N) is 4. The van der Waals surface area contributed by atoms with Crippen molar-refractivity contribution in [2.75, 3.05) is 32.7 Å². The van der Waals surface area contributed by atoms with Crippen molar-refractivity contribution in [3.05, 3.63) is 65.1 Å². The van der Waals surface area contributed by atoms with Crippen LogP contribution in [0.5, 0.6) is 0 Å². The van der Waals surface area contributed by atoms with Crippen molar-refractivity contribution < 1.29 is 8.42 Å². The third kappa shape index (κ3) is 4.58. The molecule has 9 heteroatoms. The van der Waals surface area contributed by atoms with E-state index in [4.69, 9.17) is 27.3 Å². The number of hydrogen-bond donors (Lipinski definition) is 1. The van der Waals surface area contributed by atoms with Gasteiger partial charge in [0.1, 0.15) is 5.82 Å². The molecule has 2 aromatic carbocycles. The van der Waals surface area contributed by atoms with Crippen LogP contribution in [-0.2, 0) is 16.4 Å². The van der Waals surface area contributed by atoms with Crippen LogP contribution in [0.1, 0.15) is 24.5 Å². The fourth-order valence-corrected chi connectivity index (χ4v) is 5.47. The number of para-hydroxylation sites is 1. The summed E-state index contributed by atoms with van der Waals surface area (Å²) in [6.07, 6.45) is 0.690. The van der Waals surface area contributed by atoms with E-state index < -0.39 is 10.0 Å². The topological polar surface area (TPSA) is 92.4 Å². The first-order valence-electron chi connectivity index (χ1n) is 10.4. The fraction of sp³-hybridized carbons (Fsp3) is 0.364. The quantitative estimate of drug-likeness (QED) is 0.609. The van der Waals surface area contributed by atoms with Gasteiger partial charge in [-0.05, 0) is 43.8 Å². The fourth-order valence-electron chi connectivity index (χ4n) is 3.93. The lowest BCUT2D eigenvalue weighted by atomic mass is 10.1. The Morgan fingerprint density at radius 3 is 2.39 bits per heavy atom. The summed E-state index contributed by atoms with van der Waals surface area (Å²) in [5.74, 6) is 0.746. The highest BCUT2D eigenvalue weighted by molar-refractivity contribution is 7.89. The van der Waals surface area contributed by atoms with Crippen molar-refractivity contribution in [1.29, 1.82) is 0 Å². The van der Waals surface area contributed by atoms with Crippen LogP contribution in [-0.4, -0.2) is 60.3 Å². The molecular weight excluding hydrogens is 434 g/mol. The lowest BCUT2D eigenvalue weighted by molar-refractivity contribution is 0.141. The van der Waals surface area contributed by atoms with E-state index in [1.165, 1.54) is 4.31 Å². The van der Waals surface area contributed by atoms with Gasteiger partial charge in [-0.1, -0.05) is 29.8 Å². The summed E-state index contributed by atoms with van der Waals surface area (Å²) in [7, 11) is -3.53. The molecule has 7 nitrogen and oxygen atoms in total. The number of halogens is 1. The SMILES string of the molecule is CC(c1nc(CCN)c2ccccc2n1)N1CCN(S(=O)(=O)c2ccc(Cl)cc2)CC1. The lowest BCUT2D eigenvalue weighted by Gasteiger charge is -2.36. The molecule has 2 N–H and O–H groups in total. The van der Waals surface area contributed by atoms with E-state index >= 15 is 0 Å². The second kappa shape index (κ2) is 9.18. The molecule has 1 unspecified atom stereocenters. The first-order valence-corrected chi connectivity index (χ1v) is 12.2. The van der Waals surface area contributed by atoms with E-state index in [1.807, 2.05) is 24.3 Å². The predicted octanol–water partition coefficient (Wildman–Crippen LogP) is 2.85. The van der Waals surface area contributed by atoms with Crippen LogP contribution < -0.4 is 5.73 Å². The summed E-state index contributed by atoms with van der Waals surface area (Å²) in [4.78, 5) is 12.1. The number of piperazine rings is 1. The number of nitrogens with two attached hydrogens (primary N) is 1. The average molecular weight is 460 g/mol. The molecule has 0 radical (unpaired) electrons. The first-order chi connectivity index (χ1) is 14.9. The summed E-state index contributed by atoms with van der Waals surface area (Å²) >= 11 is 5.89. The van der Waals surface area contributed by atoms with Gasteiger partial charge in [-0.15, -0.1) is 0 Å². The van der Waals surface area contributed by atoms with Crippen molar-refractivity contribution in [3.8, 4) is 0 Å². The third-order valence-corrected chi connectivity index (χ3v) is 7.89. The van der Waals surface area contributed by atoms with Gasteiger partial charge in [0.15, 0.2) is 0 Å². The second-order valence-electron chi connectivity index (χ2n) is 7.65. The maximum atomic E-state index is 12.9. The Hall–Kier alpha value is -2.10. The zero-order valence-electron chi connectivity index (χ0n) is 17.4. The van der Waals surface area contributed by atoms with Crippen LogP contribution in [0.15, 0.2) is 53.4 Å². The molecule has 0 amide bonds.